The Morgan fingerprint density at radius 3 is 2.57 bits per heavy atom. The summed E-state index contributed by atoms with van der Waals surface area (Å²) in [6.07, 6.45) is 1.48. The first kappa shape index (κ1) is 6.57. The lowest BCUT2D eigenvalue weighted by atomic mass is 10.7. The third-order valence-electron chi connectivity index (χ3n) is 0.410. The fourth-order valence-electron chi connectivity index (χ4n) is 0.166. The summed E-state index contributed by atoms with van der Waals surface area (Å²) in [5.41, 5.74) is 5.16. The summed E-state index contributed by atoms with van der Waals surface area (Å²) in [5, 5.41) is 0. The van der Waals surface area contributed by atoms with Gasteiger partial charge in [-0.15, -0.1) is 0 Å². The smallest absolute Gasteiger partial charge is 0.139 e. The quantitative estimate of drug-likeness (QED) is 0.289. The van der Waals surface area contributed by atoms with E-state index in [1.54, 1.807) is 7.05 Å². The molecule has 0 saturated heterocycles. The molecule has 0 heterocycles. The number of rotatable bonds is 1. The minimum Gasteiger partial charge on any atom is -0.383 e. The van der Waals surface area contributed by atoms with E-state index in [-0.39, 0.29) is 0 Å². The molecule has 4 heteroatoms. The minimum absolute atomic E-state index is 0.424. The Morgan fingerprint density at radius 2 is 2.43 bits per heavy atom. The minimum atomic E-state index is 0.424. The highest BCUT2D eigenvalue weighted by molar-refractivity contribution is 7.15. The zero-order valence-electron chi connectivity index (χ0n) is 4.13. The van der Waals surface area contributed by atoms with Gasteiger partial charge >= 0.3 is 0 Å². The molecule has 0 bridgehead atoms. The van der Waals surface area contributed by atoms with Crippen LogP contribution >= 0.6 is 9.39 Å². The molecule has 0 saturated carbocycles. The standard InChI is InChI=1S/C3H8N3P/c1-5-2-3(4)6-7/h2H,7H2,1H3,(H2,4,6). The molecule has 0 radical (unpaired) electrons. The maximum absolute atomic E-state index is 5.16. The van der Waals surface area contributed by atoms with E-state index in [0.717, 1.165) is 0 Å². The number of amidine groups is 1. The van der Waals surface area contributed by atoms with Crippen LogP contribution in [0.5, 0.6) is 0 Å². The van der Waals surface area contributed by atoms with Crippen LogP contribution in [-0.2, 0) is 0 Å². The molecule has 0 aromatic rings. The average Bonchev–Trinajstić information content (AvgIpc) is 1.68. The molecule has 0 spiro atoms. The second kappa shape index (κ2) is 3.75. The molecule has 1 unspecified atom stereocenters. The highest BCUT2D eigenvalue weighted by Crippen LogP contribution is 1.77. The predicted octanol–water partition coefficient (Wildman–Crippen LogP) is -0.166. The van der Waals surface area contributed by atoms with Gasteiger partial charge in [-0.2, -0.15) is 0 Å². The molecule has 0 amide bonds. The predicted molar refractivity (Wildman–Crippen MR) is 35.7 cm³/mol. The van der Waals surface area contributed by atoms with Gasteiger partial charge in [-0.05, 0) is 9.39 Å². The van der Waals surface area contributed by atoms with E-state index >= 15 is 0 Å². The Labute approximate surface area is 45.0 Å². The molecular weight excluding hydrogens is 109 g/mol. The summed E-state index contributed by atoms with van der Waals surface area (Å²) in [6.45, 7) is 0. The Kier molecular flexibility index (Phi) is 3.52. The number of hydrogen-bond acceptors (Lipinski definition) is 2. The zero-order valence-corrected chi connectivity index (χ0v) is 5.28. The van der Waals surface area contributed by atoms with Crippen LogP contribution in [0, 0.1) is 0 Å². The second-order valence-electron chi connectivity index (χ2n) is 0.941. The molecule has 7 heavy (non-hydrogen) atoms. The summed E-state index contributed by atoms with van der Waals surface area (Å²) in [7, 11) is 3.78. The van der Waals surface area contributed by atoms with Crippen LogP contribution in [0.15, 0.2) is 9.76 Å². The van der Waals surface area contributed by atoms with Crippen molar-refractivity contribution in [2.75, 3.05) is 7.05 Å². The molecule has 0 aromatic carbocycles. The van der Waals surface area contributed by atoms with E-state index in [4.69, 9.17) is 5.73 Å². The van der Waals surface area contributed by atoms with Crippen LogP contribution in [0.4, 0.5) is 0 Å². The third kappa shape index (κ3) is 3.40. The van der Waals surface area contributed by atoms with Crippen molar-refractivity contribution in [1.82, 2.24) is 0 Å². The topological polar surface area (TPSA) is 50.7 Å². The number of aliphatic imine (C=N–C) groups is 1. The lowest BCUT2D eigenvalue weighted by Gasteiger charge is -1.80. The second-order valence-corrected chi connectivity index (χ2v) is 1.20. The Bertz CT molecular complexity index is 96.4. The molecular formula is C3H8N3P. The van der Waals surface area contributed by atoms with Crippen molar-refractivity contribution in [1.29, 1.82) is 0 Å². The summed E-state index contributed by atoms with van der Waals surface area (Å²) >= 11 is 0. The zero-order chi connectivity index (χ0) is 5.70. The van der Waals surface area contributed by atoms with Crippen molar-refractivity contribution in [3.05, 3.63) is 0 Å². The van der Waals surface area contributed by atoms with Crippen LogP contribution in [0.3, 0.4) is 0 Å². The highest BCUT2D eigenvalue weighted by atomic mass is 31.0. The monoisotopic (exact) mass is 117 g/mol. The van der Waals surface area contributed by atoms with Gasteiger partial charge < -0.3 is 5.73 Å². The maximum atomic E-state index is 5.16. The molecule has 0 rings (SSSR count). The first-order valence-electron chi connectivity index (χ1n) is 1.76. The summed E-state index contributed by atoms with van der Waals surface area (Å²) in [6, 6.07) is 0. The number of hydrogen-bond donors (Lipinski definition) is 1. The van der Waals surface area contributed by atoms with Gasteiger partial charge in [0.25, 0.3) is 0 Å². The summed E-state index contributed by atoms with van der Waals surface area (Å²) in [4.78, 5) is 3.61. The maximum Gasteiger partial charge on any atom is 0.139 e. The molecule has 0 aliphatic carbocycles. The summed E-state index contributed by atoms with van der Waals surface area (Å²) in [5.74, 6) is 0.424. The van der Waals surface area contributed by atoms with Gasteiger partial charge in [0.2, 0.25) is 0 Å². The third-order valence-corrected chi connectivity index (χ3v) is 0.709. The fourth-order valence-corrected chi connectivity index (χ4v) is 0.232. The van der Waals surface area contributed by atoms with Gasteiger partial charge in [0.1, 0.15) is 5.84 Å². The van der Waals surface area contributed by atoms with E-state index in [0.29, 0.717) is 5.84 Å². The van der Waals surface area contributed by atoms with Gasteiger partial charge in [0.15, 0.2) is 0 Å². The molecule has 0 aliphatic rings. The highest BCUT2D eigenvalue weighted by Gasteiger charge is 1.73. The van der Waals surface area contributed by atoms with E-state index in [1.165, 1.54) is 6.21 Å². The molecule has 0 aliphatic heterocycles. The largest absolute Gasteiger partial charge is 0.383 e. The van der Waals surface area contributed by atoms with Crippen molar-refractivity contribution in [2.24, 2.45) is 15.5 Å². The van der Waals surface area contributed by atoms with Crippen LogP contribution in [-0.4, -0.2) is 19.1 Å². The number of nitrogens with two attached hydrogens (primary N) is 1. The van der Waals surface area contributed by atoms with Gasteiger partial charge in [-0.25, -0.2) is 4.76 Å². The Morgan fingerprint density at radius 1 is 1.86 bits per heavy atom. The van der Waals surface area contributed by atoms with Crippen molar-refractivity contribution in [3.63, 3.8) is 0 Å². The van der Waals surface area contributed by atoms with Crippen LogP contribution < -0.4 is 5.73 Å². The van der Waals surface area contributed by atoms with Crippen LogP contribution in [0.25, 0.3) is 0 Å². The van der Waals surface area contributed by atoms with Gasteiger partial charge in [0.05, 0.1) is 6.21 Å². The molecule has 0 aromatic heterocycles. The fraction of sp³-hybridized carbons (Fsp3) is 0.333. The lowest BCUT2D eigenvalue weighted by molar-refractivity contribution is 1.47. The normalized spacial score (nSPS) is 13.1. The van der Waals surface area contributed by atoms with E-state index in [2.05, 4.69) is 19.1 Å². The average molecular weight is 117 g/mol. The van der Waals surface area contributed by atoms with Gasteiger partial charge in [0, 0.05) is 7.05 Å². The molecule has 3 nitrogen and oxygen atoms in total. The SMILES string of the molecule is CN=CC(N)=NP. The summed E-state index contributed by atoms with van der Waals surface area (Å²) < 4.78 is 3.54. The molecule has 0 fully saturated rings. The Hall–Kier alpha value is -0.430. The first-order chi connectivity index (χ1) is 3.31. The van der Waals surface area contributed by atoms with Crippen LogP contribution in [0.1, 0.15) is 0 Å². The van der Waals surface area contributed by atoms with Crippen molar-refractivity contribution in [3.8, 4) is 0 Å². The molecule has 2 N–H and O–H groups in total. The van der Waals surface area contributed by atoms with E-state index in [1.807, 2.05) is 0 Å². The lowest BCUT2D eigenvalue weighted by Crippen LogP contribution is -2.10. The van der Waals surface area contributed by atoms with E-state index < -0.39 is 0 Å². The van der Waals surface area contributed by atoms with Crippen molar-refractivity contribution in [2.45, 2.75) is 0 Å². The van der Waals surface area contributed by atoms with Crippen LogP contribution in [0.2, 0.25) is 0 Å². The van der Waals surface area contributed by atoms with E-state index in [9.17, 15) is 0 Å². The van der Waals surface area contributed by atoms with Gasteiger partial charge in [-0.1, -0.05) is 0 Å². The van der Waals surface area contributed by atoms with Crippen molar-refractivity contribution < 1.29 is 0 Å². The molecule has 40 valence electrons. The van der Waals surface area contributed by atoms with Gasteiger partial charge in [-0.3, -0.25) is 4.99 Å². The van der Waals surface area contributed by atoms with Crippen molar-refractivity contribution >= 4 is 21.4 Å². The number of nitrogens with zero attached hydrogens (tertiary/aromatic N) is 2. The molecule has 1 atom stereocenters. The first-order valence-corrected chi connectivity index (χ1v) is 2.28. The Balaban J connectivity index is 3.58.